The third-order valence-electron chi connectivity index (χ3n) is 2.32. The second kappa shape index (κ2) is 4.38. The first-order valence-corrected chi connectivity index (χ1v) is 5.34. The highest BCUT2D eigenvalue weighted by molar-refractivity contribution is 9.10. The Labute approximate surface area is 90.1 Å². The molecule has 1 aliphatic carbocycles. The molecule has 1 saturated carbocycles. The van der Waals surface area contributed by atoms with Gasteiger partial charge in [0, 0.05) is 12.3 Å². The molecule has 0 radical (unpaired) electrons. The standard InChI is InChI=1S/C9H12BrFO3/c1-2-14-8(13)5-6-3-4-7(12)9(6,10)11/h6H,2-5H2,1H3. The van der Waals surface area contributed by atoms with E-state index in [2.05, 4.69) is 15.9 Å². The Morgan fingerprint density at radius 3 is 2.86 bits per heavy atom. The smallest absolute Gasteiger partial charge is 0.306 e. The molecular weight excluding hydrogens is 255 g/mol. The summed E-state index contributed by atoms with van der Waals surface area (Å²) in [5.74, 6) is -1.52. The molecule has 0 heterocycles. The highest BCUT2D eigenvalue weighted by Crippen LogP contribution is 2.43. The first-order valence-electron chi connectivity index (χ1n) is 4.55. The molecule has 5 heteroatoms. The number of carbonyl (C=O) groups is 2. The van der Waals surface area contributed by atoms with Crippen molar-refractivity contribution in [1.29, 1.82) is 0 Å². The largest absolute Gasteiger partial charge is 0.466 e. The van der Waals surface area contributed by atoms with Crippen molar-refractivity contribution in [2.24, 2.45) is 5.92 Å². The van der Waals surface area contributed by atoms with Crippen molar-refractivity contribution in [3.8, 4) is 0 Å². The number of ketones is 1. The molecule has 0 saturated heterocycles. The van der Waals surface area contributed by atoms with E-state index < -0.39 is 22.2 Å². The van der Waals surface area contributed by atoms with E-state index in [1.54, 1.807) is 6.92 Å². The second-order valence-electron chi connectivity index (χ2n) is 3.29. The zero-order valence-electron chi connectivity index (χ0n) is 7.89. The molecule has 1 fully saturated rings. The lowest BCUT2D eigenvalue weighted by molar-refractivity contribution is -0.144. The van der Waals surface area contributed by atoms with Crippen LogP contribution in [0.1, 0.15) is 26.2 Å². The van der Waals surface area contributed by atoms with Crippen LogP contribution in [0.5, 0.6) is 0 Å². The molecule has 0 aliphatic heterocycles. The van der Waals surface area contributed by atoms with Gasteiger partial charge in [-0.2, -0.15) is 0 Å². The van der Waals surface area contributed by atoms with Crippen LogP contribution in [0.4, 0.5) is 4.39 Å². The molecule has 3 nitrogen and oxygen atoms in total. The molecule has 0 N–H and O–H groups in total. The Morgan fingerprint density at radius 2 is 2.43 bits per heavy atom. The molecule has 2 atom stereocenters. The van der Waals surface area contributed by atoms with Crippen molar-refractivity contribution in [1.82, 2.24) is 0 Å². The Bertz CT molecular complexity index is 252. The zero-order chi connectivity index (χ0) is 10.8. The van der Waals surface area contributed by atoms with E-state index in [1.165, 1.54) is 0 Å². The van der Waals surface area contributed by atoms with Crippen molar-refractivity contribution < 1.29 is 18.7 Å². The van der Waals surface area contributed by atoms with Crippen LogP contribution >= 0.6 is 15.9 Å². The summed E-state index contributed by atoms with van der Waals surface area (Å²) in [6.07, 6.45) is 0.548. The molecular formula is C9H12BrFO3. The predicted octanol–water partition coefficient (Wildman–Crippen LogP) is 1.98. The number of esters is 1. The lowest BCUT2D eigenvalue weighted by Gasteiger charge is -2.18. The maximum atomic E-state index is 13.6. The quantitative estimate of drug-likeness (QED) is 0.580. The molecule has 0 aromatic rings. The van der Waals surface area contributed by atoms with Gasteiger partial charge >= 0.3 is 5.97 Å². The highest BCUT2D eigenvalue weighted by atomic mass is 79.9. The fraction of sp³-hybridized carbons (Fsp3) is 0.778. The molecule has 0 bridgehead atoms. The highest BCUT2D eigenvalue weighted by Gasteiger charge is 2.49. The number of ether oxygens (including phenoxy) is 1. The van der Waals surface area contributed by atoms with Gasteiger partial charge in [-0.1, -0.05) is 0 Å². The van der Waals surface area contributed by atoms with Crippen LogP contribution in [-0.2, 0) is 14.3 Å². The molecule has 14 heavy (non-hydrogen) atoms. The minimum absolute atomic E-state index is 0.0403. The average molecular weight is 267 g/mol. The van der Waals surface area contributed by atoms with Crippen LogP contribution in [0.3, 0.4) is 0 Å². The number of alkyl halides is 2. The molecule has 0 spiro atoms. The third kappa shape index (κ3) is 2.32. The van der Waals surface area contributed by atoms with Gasteiger partial charge in [0.25, 0.3) is 0 Å². The van der Waals surface area contributed by atoms with Crippen LogP contribution in [0.2, 0.25) is 0 Å². The van der Waals surface area contributed by atoms with Crippen molar-refractivity contribution in [2.45, 2.75) is 30.8 Å². The van der Waals surface area contributed by atoms with Crippen molar-refractivity contribution >= 4 is 27.7 Å². The summed E-state index contributed by atoms with van der Waals surface area (Å²) in [6.45, 7) is 1.97. The number of halogens is 2. The van der Waals surface area contributed by atoms with Gasteiger partial charge in [-0.25, -0.2) is 4.39 Å². The number of hydrogen-bond acceptors (Lipinski definition) is 3. The van der Waals surface area contributed by atoms with Gasteiger partial charge in [-0.3, -0.25) is 9.59 Å². The van der Waals surface area contributed by atoms with Gasteiger partial charge in [0.15, 0.2) is 5.78 Å². The van der Waals surface area contributed by atoms with E-state index in [0.717, 1.165) is 0 Å². The lowest BCUT2D eigenvalue weighted by Crippen LogP contribution is -2.29. The predicted molar refractivity (Wildman–Crippen MR) is 51.7 cm³/mol. The second-order valence-corrected chi connectivity index (χ2v) is 4.44. The topological polar surface area (TPSA) is 43.4 Å². The molecule has 0 aromatic carbocycles. The first kappa shape index (κ1) is 11.6. The summed E-state index contributed by atoms with van der Waals surface area (Å²) in [4.78, 5) is 22.1. The molecule has 80 valence electrons. The van der Waals surface area contributed by atoms with Crippen LogP contribution in [0.15, 0.2) is 0 Å². The fourth-order valence-corrected chi connectivity index (χ4v) is 2.12. The van der Waals surface area contributed by atoms with E-state index in [-0.39, 0.29) is 19.4 Å². The van der Waals surface area contributed by atoms with E-state index >= 15 is 0 Å². The first-order chi connectivity index (χ1) is 6.48. The van der Waals surface area contributed by atoms with Gasteiger partial charge in [-0.15, -0.1) is 0 Å². The van der Waals surface area contributed by atoms with Gasteiger partial charge < -0.3 is 4.74 Å². The minimum atomic E-state index is -2.03. The summed E-state index contributed by atoms with van der Waals surface area (Å²) in [7, 11) is 0. The van der Waals surface area contributed by atoms with Crippen molar-refractivity contribution in [2.75, 3.05) is 6.61 Å². The summed E-state index contributed by atoms with van der Waals surface area (Å²) < 4.78 is 16.3. The number of hydrogen-bond donors (Lipinski definition) is 0. The minimum Gasteiger partial charge on any atom is -0.466 e. The maximum absolute atomic E-state index is 13.6. The molecule has 0 amide bonds. The molecule has 1 rings (SSSR count). The third-order valence-corrected chi connectivity index (χ3v) is 3.41. The van der Waals surface area contributed by atoms with Crippen LogP contribution in [0, 0.1) is 5.92 Å². The molecule has 2 unspecified atom stereocenters. The van der Waals surface area contributed by atoms with Crippen molar-refractivity contribution in [3.63, 3.8) is 0 Å². The van der Waals surface area contributed by atoms with Gasteiger partial charge in [0.05, 0.1) is 13.0 Å². The van der Waals surface area contributed by atoms with Gasteiger partial charge in [0.2, 0.25) is 4.58 Å². The van der Waals surface area contributed by atoms with E-state index in [0.29, 0.717) is 6.42 Å². The Kier molecular flexibility index (Phi) is 3.64. The van der Waals surface area contributed by atoms with E-state index in [9.17, 15) is 14.0 Å². The number of rotatable bonds is 3. The SMILES string of the molecule is CCOC(=O)CC1CCC(=O)C1(F)Br. The normalized spacial score (nSPS) is 31.9. The summed E-state index contributed by atoms with van der Waals surface area (Å²) in [5.41, 5.74) is 0. The van der Waals surface area contributed by atoms with E-state index in [4.69, 9.17) is 4.74 Å². The van der Waals surface area contributed by atoms with Crippen LogP contribution < -0.4 is 0 Å². The number of Topliss-reactive ketones (excluding diaryl/α,β-unsaturated/α-hetero) is 1. The lowest BCUT2D eigenvalue weighted by atomic mass is 10.0. The Hall–Kier alpha value is -0.450. The Morgan fingerprint density at radius 1 is 1.79 bits per heavy atom. The van der Waals surface area contributed by atoms with Gasteiger partial charge in [-0.05, 0) is 29.3 Å². The van der Waals surface area contributed by atoms with Crippen molar-refractivity contribution in [3.05, 3.63) is 0 Å². The maximum Gasteiger partial charge on any atom is 0.306 e. The molecule has 1 aliphatic rings. The fourth-order valence-electron chi connectivity index (χ4n) is 1.53. The van der Waals surface area contributed by atoms with Crippen LogP contribution in [-0.4, -0.2) is 22.9 Å². The monoisotopic (exact) mass is 266 g/mol. The average Bonchev–Trinajstić information content (AvgIpc) is 2.32. The van der Waals surface area contributed by atoms with Gasteiger partial charge in [0.1, 0.15) is 0 Å². The summed E-state index contributed by atoms with van der Waals surface area (Å²) in [6, 6.07) is 0. The summed E-state index contributed by atoms with van der Waals surface area (Å²) in [5, 5.41) is 0. The van der Waals surface area contributed by atoms with Crippen LogP contribution in [0.25, 0.3) is 0 Å². The summed E-state index contributed by atoms with van der Waals surface area (Å²) >= 11 is 2.73. The molecule has 0 aromatic heterocycles. The zero-order valence-corrected chi connectivity index (χ0v) is 9.47. The Balaban J connectivity index is 2.54. The number of carbonyl (C=O) groups excluding carboxylic acids is 2. The van der Waals surface area contributed by atoms with E-state index in [1.807, 2.05) is 0 Å².